The lowest BCUT2D eigenvalue weighted by molar-refractivity contribution is -0.436. The van der Waals surface area contributed by atoms with Gasteiger partial charge in [-0.05, 0) is 25.6 Å². The number of nitrogens with one attached hydrogen (secondary N) is 2. The smallest absolute Gasteiger partial charge is 0.301 e. The van der Waals surface area contributed by atoms with E-state index in [1.54, 1.807) is 12.3 Å². The molecule has 0 aliphatic carbocycles. The zero-order valence-electron chi connectivity index (χ0n) is 9.64. The van der Waals surface area contributed by atoms with Gasteiger partial charge >= 0.3 is 5.70 Å². The molecule has 6 N–H and O–H groups in total. The van der Waals surface area contributed by atoms with Gasteiger partial charge in [-0.15, -0.1) is 0 Å². The average molecular weight is 239 g/mol. The largest absolute Gasteiger partial charge is 0.352 e. The number of nitrogens with zero attached hydrogens (tertiary/aromatic N) is 1. The number of hydrogen-bond acceptors (Lipinski definition) is 6. The molecule has 94 valence electrons. The van der Waals surface area contributed by atoms with Gasteiger partial charge in [0.15, 0.2) is 0 Å². The SMILES string of the molecule is CNCC/C=C/C1=CNC(N)(N)C([N+](=O)[O-])=C1. The molecule has 1 aliphatic heterocycles. The number of nitrogens with two attached hydrogens (primary N) is 2. The van der Waals surface area contributed by atoms with E-state index < -0.39 is 10.7 Å². The van der Waals surface area contributed by atoms with Crippen molar-refractivity contribution in [3.05, 3.63) is 45.8 Å². The molecule has 0 radical (unpaired) electrons. The van der Waals surface area contributed by atoms with Crippen molar-refractivity contribution in [1.29, 1.82) is 0 Å². The predicted octanol–water partition coefficient (Wildman–Crippen LogP) is -0.629. The molecule has 0 amide bonds. The van der Waals surface area contributed by atoms with Crippen LogP contribution in [0.15, 0.2) is 35.7 Å². The van der Waals surface area contributed by atoms with E-state index in [4.69, 9.17) is 11.5 Å². The van der Waals surface area contributed by atoms with Crippen molar-refractivity contribution in [2.75, 3.05) is 13.6 Å². The monoisotopic (exact) mass is 239 g/mol. The fourth-order valence-corrected chi connectivity index (χ4v) is 1.34. The second kappa shape index (κ2) is 5.58. The first kappa shape index (κ1) is 13.4. The minimum atomic E-state index is -1.62. The molecule has 1 heterocycles. The Kier molecular flexibility index (Phi) is 4.38. The Morgan fingerprint density at radius 1 is 1.65 bits per heavy atom. The van der Waals surface area contributed by atoms with Crippen LogP contribution in [0.25, 0.3) is 0 Å². The van der Waals surface area contributed by atoms with E-state index in [1.165, 1.54) is 6.08 Å². The highest BCUT2D eigenvalue weighted by atomic mass is 16.6. The highest BCUT2D eigenvalue weighted by Gasteiger charge is 2.36. The summed E-state index contributed by atoms with van der Waals surface area (Å²) in [6.45, 7) is 0.848. The van der Waals surface area contributed by atoms with E-state index in [2.05, 4.69) is 10.6 Å². The maximum Gasteiger partial charge on any atom is 0.301 e. The minimum Gasteiger partial charge on any atom is -0.352 e. The molecule has 7 heteroatoms. The molecule has 0 spiro atoms. The van der Waals surface area contributed by atoms with Gasteiger partial charge < -0.3 is 10.6 Å². The summed E-state index contributed by atoms with van der Waals surface area (Å²) in [7, 11) is 1.86. The number of hydrogen-bond donors (Lipinski definition) is 4. The second-order valence-electron chi connectivity index (χ2n) is 3.74. The van der Waals surface area contributed by atoms with Crippen molar-refractivity contribution in [1.82, 2.24) is 10.6 Å². The van der Waals surface area contributed by atoms with E-state index in [0.29, 0.717) is 5.57 Å². The van der Waals surface area contributed by atoms with Crippen LogP contribution in [-0.2, 0) is 0 Å². The molecule has 0 saturated heterocycles. The molecular weight excluding hydrogens is 222 g/mol. The topological polar surface area (TPSA) is 119 Å². The third-order valence-corrected chi connectivity index (χ3v) is 2.27. The summed E-state index contributed by atoms with van der Waals surface area (Å²) in [6.07, 6.45) is 7.46. The normalized spacial score (nSPS) is 18.5. The Labute approximate surface area is 99.4 Å². The maximum atomic E-state index is 10.8. The molecule has 1 aliphatic rings. The maximum absolute atomic E-state index is 10.8. The Morgan fingerprint density at radius 2 is 2.35 bits per heavy atom. The van der Waals surface area contributed by atoms with Crippen LogP contribution in [-0.4, -0.2) is 24.3 Å². The lowest BCUT2D eigenvalue weighted by Gasteiger charge is -2.24. The summed E-state index contributed by atoms with van der Waals surface area (Å²) >= 11 is 0. The van der Waals surface area contributed by atoms with Crippen LogP contribution in [0.2, 0.25) is 0 Å². The molecule has 0 atom stereocenters. The summed E-state index contributed by atoms with van der Waals surface area (Å²) in [5, 5.41) is 16.4. The first-order chi connectivity index (χ1) is 7.97. The summed E-state index contributed by atoms with van der Waals surface area (Å²) in [5.74, 6) is -1.62. The number of dihydropyridines is 1. The molecule has 0 aromatic heterocycles. The van der Waals surface area contributed by atoms with Gasteiger partial charge in [-0.3, -0.25) is 21.6 Å². The first-order valence-corrected chi connectivity index (χ1v) is 5.20. The molecule has 17 heavy (non-hydrogen) atoms. The predicted molar refractivity (Wildman–Crippen MR) is 65.1 cm³/mol. The zero-order valence-corrected chi connectivity index (χ0v) is 9.64. The number of nitro groups is 1. The standard InChI is InChI=1S/C10H17N5O2/c1-13-5-3-2-4-8-6-9(15(16)17)10(11,12)14-7-8/h2,4,6-7,13-14H,3,5,11-12H2,1H3/b4-2+. The molecule has 0 unspecified atom stereocenters. The van der Waals surface area contributed by atoms with Crippen molar-refractivity contribution in [2.45, 2.75) is 12.2 Å². The van der Waals surface area contributed by atoms with Crippen LogP contribution < -0.4 is 22.1 Å². The van der Waals surface area contributed by atoms with Gasteiger partial charge in [-0.25, -0.2) is 0 Å². The fraction of sp³-hybridized carbons (Fsp3) is 0.400. The van der Waals surface area contributed by atoms with Crippen molar-refractivity contribution >= 4 is 0 Å². The molecule has 0 fully saturated rings. The van der Waals surface area contributed by atoms with E-state index in [-0.39, 0.29) is 5.70 Å². The Bertz CT molecular complexity index is 384. The molecule has 1 rings (SSSR count). The Balaban J connectivity index is 2.75. The summed E-state index contributed by atoms with van der Waals surface area (Å²) in [6, 6.07) is 0. The van der Waals surface area contributed by atoms with Gasteiger partial charge in [-0.2, -0.15) is 0 Å². The lowest BCUT2D eigenvalue weighted by Crippen LogP contribution is -2.63. The average Bonchev–Trinajstić information content (AvgIpc) is 2.25. The van der Waals surface area contributed by atoms with Crippen LogP contribution >= 0.6 is 0 Å². The molecule has 0 saturated carbocycles. The van der Waals surface area contributed by atoms with Gasteiger partial charge in [0.25, 0.3) is 0 Å². The lowest BCUT2D eigenvalue weighted by atomic mass is 10.1. The molecule has 0 aromatic carbocycles. The van der Waals surface area contributed by atoms with Crippen molar-refractivity contribution in [3.63, 3.8) is 0 Å². The van der Waals surface area contributed by atoms with E-state index in [9.17, 15) is 10.1 Å². The van der Waals surface area contributed by atoms with Gasteiger partial charge in [0.1, 0.15) is 0 Å². The van der Waals surface area contributed by atoms with Crippen molar-refractivity contribution < 1.29 is 4.92 Å². The van der Waals surface area contributed by atoms with Crippen LogP contribution in [0.5, 0.6) is 0 Å². The van der Waals surface area contributed by atoms with Crippen molar-refractivity contribution in [2.24, 2.45) is 11.5 Å². The molecular formula is C10H17N5O2. The van der Waals surface area contributed by atoms with E-state index >= 15 is 0 Å². The number of allylic oxidation sites excluding steroid dienone is 3. The third kappa shape index (κ3) is 3.66. The van der Waals surface area contributed by atoms with Crippen LogP contribution in [0, 0.1) is 10.1 Å². The fourth-order valence-electron chi connectivity index (χ4n) is 1.34. The molecule has 7 nitrogen and oxygen atoms in total. The summed E-state index contributed by atoms with van der Waals surface area (Å²) in [4.78, 5) is 10.2. The minimum absolute atomic E-state index is 0.256. The van der Waals surface area contributed by atoms with E-state index in [1.807, 2.05) is 13.1 Å². The third-order valence-electron chi connectivity index (χ3n) is 2.27. The van der Waals surface area contributed by atoms with Gasteiger partial charge in [0.05, 0.1) is 4.92 Å². The molecule has 0 bridgehead atoms. The van der Waals surface area contributed by atoms with Gasteiger partial charge in [0.2, 0.25) is 5.79 Å². The van der Waals surface area contributed by atoms with Gasteiger partial charge in [-0.1, -0.05) is 12.2 Å². The summed E-state index contributed by atoms with van der Waals surface area (Å²) < 4.78 is 0. The highest BCUT2D eigenvalue weighted by Crippen LogP contribution is 2.16. The van der Waals surface area contributed by atoms with E-state index in [0.717, 1.165) is 13.0 Å². The van der Waals surface area contributed by atoms with Crippen LogP contribution in [0.1, 0.15) is 6.42 Å². The van der Waals surface area contributed by atoms with Crippen molar-refractivity contribution in [3.8, 4) is 0 Å². The first-order valence-electron chi connectivity index (χ1n) is 5.20. The Hall–Kier alpha value is -1.70. The van der Waals surface area contributed by atoms with Crippen LogP contribution in [0.3, 0.4) is 0 Å². The van der Waals surface area contributed by atoms with Crippen LogP contribution in [0.4, 0.5) is 0 Å². The highest BCUT2D eigenvalue weighted by molar-refractivity contribution is 5.37. The van der Waals surface area contributed by atoms with Gasteiger partial charge in [0, 0.05) is 12.3 Å². The number of rotatable bonds is 5. The second-order valence-corrected chi connectivity index (χ2v) is 3.74. The summed E-state index contributed by atoms with van der Waals surface area (Å²) in [5.41, 5.74) is 11.5. The zero-order chi connectivity index (χ0) is 12.9. The Morgan fingerprint density at radius 3 is 2.94 bits per heavy atom. The quantitative estimate of drug-likeness (QED) is 0.219. The molecule has 0 aromatic rings.